The van der Waals surface area contributed by atoms with Crippen LogP contribution in [0.15, 0.2) is 0 Å². The van der Waals surface area contributed by atoms with E-state index in [2.05, 4.69) is 19.2 Å². The number of carbonyl (C=O) groups excluding carboxylic acids is 3. The molecule has 4 aliphatic rings. The van der Waals surface area contributed by atoms with Crippen LogP contribution in [-0.2, 0) is 33.3 Å². The second-order valence-corrected chi connectivity index (χ2v) is 14.6. The molecule has 258 valence electrons. The normalized spacial score (nSPS) is 46.8. The predicted molar refractivity (Wildman–Crippen MR) is 166 cm³/mol. The zero-order valence-corrected chi connectivity index (χ0v) is 29.1. The average molecular weight is 640 g/mol. The molecule has 2 bridgehead atoms. The Morgan fingerprint density at radius 3 is 2.38 bits per heavy atom. The van der Waals surface area contributed by atoms with E-state index in [0.717, 1.165) is 0 Å². The van der Waals surface area contributed by atoms with Crippen molar-refractivity contribution in [2.75, 3.05) is 34.3 Å². The van der Waals surface area contributed by atoms with E-state index in [-0.39, 0.29) is 41.8 Å². The maximum absolute atomic E-state index is 14.1. The monoisotopic (exact) mass is 639 g/mol. The van der Waals surface area contributed by atoms with Gasteiger partial charge in [-0.05, 0) is 72.9 Å². The van der Waals surface area contributed by atoms with Gasteiger partial charge in [0.05, 0.1) is 23.9 Å². The first kappa shape index (κ1) is 36.0. The summed E-state index contributed by atoms with van der Waals surface area (Å²) in [6, 6.07) is -0.644. The molecule has 45 heavy (non-hydrogen) atoms. The number of esters is 1. The molecule has 0 radical (unpaired) electrons. The third kappa shape index (κ3) is 6.65. The number of aliphatic hydroxyl groups is 1. The van der Waals surface area contributed by atoms with Gasteiger partial charge in [0, 0.05) is 38.2 Å². The fourth-order valence-electron chi connectivity index (χ4n) is 8.66. The van der Waals surface area contributed by atoms with Gasteiger partial charge >= 0.3 is 12.1 Å². The Labute approximate surface area is 268 Å². The van der Waals surface area contributed by atoms with Crippen molar-refractivity contribution in [1.29, 1.82) is 0 Å². The largest absolute Gasteiger partial charge is 0.458 e. The van der Waals surface area contributed by atoms with Gasteiger partial charge in [0.1, 0.15) is 18.1 Å². The zero-order chi connectivity index (χ0) is 33.6. The lowest BCUT2D eigenvalue weighted by Crippen LogP contribution is -2.61. The number of Topliss-reactive ketones (excluding diaryl/α,β-unsaturated/α-hetero) is 1. The Hall–Kier alpha value is -1.83. The van der Waals surface area contributed by atoms with Crippen LogP contribution >= 0.6 is 0 Å². The summed E-state index contributed by atoms with van der Waals surface area (Å²) >= 11 is 0. The number of ketones is 1. The highest BCUT2D eigenvalue weighted by Crippen LogP contribution is 2.44. The fourth-order valence-corrected chi connectivity index (χ4v) is 8.66. The van der Waals surface area contributed by atoms with E-state index in [0.29, 0.717) is 32.4 Å². The molecule has 14 atom stereocenters. The predicted octanol–water partition coefficient (Wildman–Crippen LogP) is 2.59. The summed E-state index contributed by atoms with van der Waals surface area (Å²) in [6.07, 6.45) is -2.69. The lowest BCUT2D eigenvalue weighted by atomic mass is 9.72. The highest BCUT2D eigenvalue weighted by molar-refractivity contribution is 6.00. The molecule has 2 N–H and O–H groups in total. The van der Waals surface area contributed by atoms with Crippen molar-refractivity contribution in [2.45, 2.75) is 135 Å². The first-order valence-corrected chi connectivity index (χ1v) is 16.7. The van der Waals surface area contributed by atoms with Crippen LogP contribution in [0.2, 0.25) is 0 Å². The number of amides is 1. The van der Waals surface area contributed by atoms with Crippen molar-refractivity contribution < 1.29 is 43.2 Å². The molecular formula is C33H57N3O9. The molecule has 2 unspecified atom stereocenters. The molecule has 4 heterocycles. The van der Waals surface area contributed by atoms with Gasteiger partial charge in [-0.2, -0.15) is 0 Å². The molecule has 0 spiro atoms. The van der Waals surface area contributed by atoms with Gasteiger partial charge < -0.3 is 39.0 Å². The van der Waals surface area contributed by atoms with Gasteiger partial charge in [-0.15, -0.1) is 0 Å². The Bertz CT molecular complexity index is 1090. The summed E-state index contributed by atoms with van der Waals surface area (Å²) in [6.45, 7) is 16.2. The molecule has 0 aromatic rings. The molecule has 4 rings (SSSR count). The molecule has 0 saturated carbocycles. The van der Waals surface area contributed by atoms with E-state index in [1.165, 1.54) is 0 Å². The number of aliphatic hydroxyl groups excluding tert-OH is 1. The summed E-state index contributed by atoms with van der Waals surface area (Å²) in [7, 11) is 5.41. The molecule has 12 nitrogen and oxygen atoms in total. The molecule has 12 heteroatoms. The van der Waals surface area contributed by atoms with Gasteiger partial charge in [-0.1, -0.05) is 27.7 Å². The van der Waals surface area contributed by atoms with Crippen LogP contribution in [-0.4, -0.2) is 127 Å². The number of nitrogens with zero attached hydrogens (tertiary/aromatic N) is 2. The minimum Gasteiger partial charge on any atom is -0.458 e. The van der Waals surface area contributed by atoms with Crippen molar-refractivity contribution in [3.05, 3.63) is 0 Å². The second-order valence-electron chi connectivity index (χ2n) is 14.6. The van der Waals surface area contributed by atoms with E-state index in [9.17, 15) is 19.5 Å². The highest BCUT2D eigenvalue weighted by atomic mass is 16.7. The van der Waals surface area contributed by atoms with Crippen molar-refractivity contribution in [1.82, 2.24) is 15.1 Å². The van der Waals surface area contributed by atoms with Crippen molar-refractivity contribution in [3.63, 3.8) is 0 Å². The Morgan fingerprint density at radius 1 is 1.11 bits per heavy atom. The van der Waals surface area contributed by atoms with Crippen molar-refractivity contribution in [2.24, 2.45) is 23.7 Å². The maximum Gasteiger partial charge on any atom is 0.410 e. The van der Waals surface area contributed by atoms with Crippen LogP contribution in [0.1, 0.15) is 74.7 Å². The summed E-state index contributed by atoms with van der Waals surface area (Å²) in [5.41, 5.74) is -2.13. The molecule has 0 aromatic heterocycles. The second kappa shape index (κ2) is 13.7. The van der Waals surface area contributed by atoms with Crippen molar-refractivity contribution >= 4 is 17.8 Å². The lowest BCUT2D eigenvalue weighted by Gasteiger charge is -2.48. The number of hydrogen-bond acceptors (Lipinski definition) is 11. The van der Waals surface area contributed by atoms with E-state index in [1.54, 1.807) is 25.9 Å². The van der Waals surface area contributed by atoms with Crippen LogP contribution in [0.25, 0.3) is 0 Å². The fraction of sp³-hybridized carbons (Fsp3) is 0.909. The van der Waals surface area contributed by atoms with E-state index in [1.807, 2.05) is 46.7 Å². The van der Waals surface area contributed by atoms with Crippen LogP contribution < -0.4 is 5.32 Å². The number of nitrogens with one attached hydrogen (secondary N) is 1. The van der Waals surface area contributed by atoms with Crippen LogP contribution in [0.5, 0.6) is 0 Å². The van der Waals surface area contributed by atoms with E-state index >= 15 is 0 Å². The average Bonchev–Trinajstić information content (AvgIpc) is 3.11. The molecule has 0 aliphatic carbocycles. The number of ether oxygens (including phenoxy) is 5. The van der Waals surface area contributed by atoms with Crippen LogP contribution in [0, 0.1) is 23.7 Å². The molecular weight excluding hydrogens is 582 g/mol. The zero-order valence-electron chi connectivity index (χ0n) is 29.1. The highest BCUT2D eigenvalue weighted by Gasteiger charge is 2.61. The maximum atomic E-state index is 14.1. The standard InChI is InChI=1S/C33H57N3O9/c1-12-23-33(8)27-19(4)24(34-13-14-36(27)31(40)45-33)17(2)16-32(7,41-11)28(20(5)25(37)21(6)29(39)43-23)44-30-26(38)22(35(9)10)15-18(3)42-30/h17-24,26-28,30,34,38H,12-16H2,1-11H3/t17-,18-,19+,20+,21-,22+,23?,24?,26-,27-,28-,30+,32-,33-/m1/s1. The minimum atomic E-state index is -1.12. The Kier molecular flexibility index (Phi) is 11.0. The number of cyclic esters (lactones) is 1. The summed E-state index contributed by atoms with van der Waals surface area (Å²) in [5.74, 6) is -3.08. The topological polar surface area (TPSA) is 136 Å². The number of rotatable bonds is 5. The third-order valence-electron chi connectivity index (χ3n) is 11.2. The summed E-state index contributed by atoms with van der Waals surface area (Å²) in [5, 5.41) is 15.0. The number of likely N-dealkylation sites (N-methyl/N-ethyl adjacent to an activating group) is 1. The molecule has 4 fully saturated rings. The first-order valence-electron chi connectivity index (χ1n) is 16.7. The first-order chi connectivity index (χ1) is 21.0. The van der Waals surface area contributed by atoms with Crippen LogP contribution in [0.3, 0.4) is 0 Å². The molecule has 0 aromatic carbocycles. The SMILES string of the molecule is CCC1OC(=O)[C@H](C)C(=O)[C@H](C)[C@@H](O[C@@H]2O[C@H](C)C[C@H](N(C)C)[C@H]2O)[C@](C)(OC)C[C@@H](C)C2NCCN3C(=O)O[C@@]1(C)[C@H]3[C@H]2C. The number of carbonyl (C=O) groups is 3. The molecule has 4 aliphatic heterocycles. The summed E-state index contributed by atoms with van der Waals surface area (Å²) < 4.78 is 31.2. The molecule has 4 saturated heterocycles. The van der Waals surface area contributed by atoms with Gasteiger partial charge in [-0.25, -0.2) is 4.79 Å². The van der Waals surface area contributed by atoms with Gasteiger partial charge in [0.15, 0.2) is 17.7 Å². The van der Waals surface area contributed by atoms with Gasteiger partial charge in [0.25, 0.3) is 0 Å². The minimum absolute atomic E-state index is 0.00751. The summed E-state index contributed by atoms with van der Waals surface area (Å²) in [4.78, 5) is 44.7. The Morgan fingerprint density at radius 2 is 1.78 bits per heavy atom. The number of hydrogen-bond donors (Lipinski definition) is 2. The van der Waals surface area contributed by atoms with Crippen molar-refractivity contribution in [3.8, 4) is 0 Å². The Balaban J connectivity index is 1.79. The molecule has 1 amide bonds. The number of fused-ring (bicyclic) bond motifs is 1. The third-order valence-corrected chi connectivity index (χ3v) is 11.2. The van der Waals surface area contributed by atoms with Gasteiger partial charge in [-0.3, -0.25) is 14.5 Å². The van der Waals surface area contributed by atoms with E-state index < -0.39 is 59.7 Å². The smallest absolute Gasteiger partial charge is 0.410 e. The quantitative estimate of drug-likeness (QED) is 0.339. The van der Waals surface area contributed by atoms with E-state index in [4.69, 9.17) is 23.7 Å². The number of methoxy groups -OCH3 is 1. The lowest BCUT2D eigenvalue weighted by molar-refractivity contribution is -0.295. The van der Waals surface area contributed by atoms with Gasteiger partial charge in [0.2, 0.25) is 0 Å². The van der Waals surface area contributed by atoms with Crippen LogP contribution in [0.4, 0.5) is 4.79 Å².